The van der Waals surface area contributed by atoms with Crippen LogP contribution in [0.2, 0.25) is 0 Å². The minimum atomic E-state index is -1.20. The maximum Gasteiger partial charge on any atom is 0.375 e. The molecule has 4 heterocycles. The zero-order valence-electron chi connectivity index (χ0n) is 31.1. The summed E-state index contributed by atoms with van der Waals surface area (Å²) in [6.07, 6.45) is 9.40. The highest BCUT2D eigenvalue weighted by molar-refractivity contribution is 6.11. The van der Waals surface area contributed by atoms with Crippen molar-refractivity contribution in [2.75, 3.05) is 19.7 Å². The van der Waals surface area contributed by atoms with E-state index in [0.717, 1.165) is 80.1 Å². The Morgan fingerprint density at radius 1 is 1.06 bits per heavy atom. The number of allylic oxidation sites excluding steroid dienone is 3. The molecule has 11 heteroatoms. The summed E-state index contributed by atoms with van der Waals surface area (Å²) in [5.74, 6) is -0.447. The molecule has 1 saturated heterocycles. The lowest BCUT2D eigenvalue weighted by Crippen LogP contribution is -2.51. The van der Waals surface area contributed by atoms with Gasteiger partial charge in [0.05, 0.1) is 36.0 Å². The monoisotopic (exact) mass is 738 g/mol. The van der Waals surface area contributed by atoms with Crippen LogP contribution in [0.5, 0.6) is 17.2 Å². The van der Waals surface area contributed by atoms with Crippen molar-refractivity contribution in [1.29, 1.82) is 0 Å². The van der Waals surface area contributed by atoms with E-state index in [4.69, 9.17) is 18.9 Å². The van der Waals surface area contributed by atoms with E-state index in [9.17, 15) is 24.6 Å². The first-order valence-electron chi connectivity index (χ1n) is 19.7. The number of benzene rings is 2. The van der Waals surface area contributed by atoms with E-state index >= 15 is 0 Å². The number of esters is 1. The van der Waals surface area contributed by atoms with Crippen LogP contribution in [0.3, 0.4) is 0 Å². The number of aromatic nitrogens is 1. The van der Waals surface area contributed by atoms with Crippen LogP contribution in [0, 0.1) is 5.92 Å². The standard InChI is InChI=1S/C43H50N2O9/c1-3-51-42(49)41-31(22-46)36(26-10-12-34(48)29(20-26)24-9-11-33-25(19-24)13-18-45-33)37-39(52-28-7-5-4-6-8-28)30-21-35(43(2,50)27-14-16-44-17-15-27)53-38(30)32(23-47)40(37)54-41/h9,11,13,18-19,22,27-29,35,44-45,47,50H,3-8,10,12,14-17,20-21,23H2,1-2H3/b36-26-/t29-,35+,43-/m1/s1. The Morgan fingerprint density at radius 3 is 2.59 bits per heavy atom. The van der Waals surface area contributed by atoms with E-state index in [2.05, 4.69) is 10.3 Å². The number of aliphatic hydroxyl groups is 2. The molecular formula is C43H50N2O9. The lowest BCUT2D eigenvalue weighted by Gasteiger charge is -2.39. The van der Waals surface area contributed by atoms with E-state index in [1.807, 2.05) is 37.4 Å². The fraction of sp³-hybridized carbons (Fsp3) is 0.512. The minimum Gasteiger partial charge on any atom is -0.489 e. The number of fused-ring (bicyclic) bond motifs is 3. The van der Waals surface area contributed by atoms with Gasteiger partial charge in [-0.1, -0.05) is 18.1 Å². The molecule has 2 aliphatic carbocycles. The van der Waals surface area contributed by atoms with Gasteiger partial charge < -0.3 is 39.5 Å². The minimum absolute atomic E-state index is 0.0112. The van der Waals surface area contributed by atoms with Crippen molar-refractivity contribution in [2.24, 2.45) is 5.92 Å². The normalized spacial score (nSPS) is 24.7. The van der Waals surface area contributed by atoms with Crippen molar-refractivity contribution in [2.45, 2.75) is 115 Å². The van der Waals surface area contributed by atoms with Crippen LogP contribution in [0.25, 0.3) is 16.5 Å². The molecule has 1 aromatic heterocycles. The Hall–Kier alpha value is -4.45. The molecule has 54 heavy (non-hydrogen) atoms. The van der Waals surface area contributed by atoms with Crippen LogP contribution in [0.15, 0.2) is 47.4 Å². The Morgan fingerprint density at radius 2 is 1.85 bits per heavy atom. The Labute approximate surface area is 315 Å². The van der Waals surface area contributed by atoms with Crippen LogP contribution in [0.4, 0.5) is 0 Å². The molecule has 3 aromatic rings. The predicted molar refractivity (Wildman–Crippen MR) is 201 cm³/mol. The maximum absolute atomic E-state index is 13.7. The fourth-order valence-electron chi connectivity index (χ4n) is 9.41. The third kappa shape index (κ3) is 6.43. The molecule has 0 bridgehead atoms. The highest BCUT2D eigenvalue weighted by Crippen LogP contribution is 2.57. The van der Waals surface area contributed by atoms with Gasteiger partial charge in [0.1, 0.15) is 34.7 Å². The van der Waals surface area contributed by atoms with Crippen LogP contribution in [0.1, 0.15) is 106 Å². The van der Waals surface area contributed by atoms with Gasteiger partial charge in [-0.2, -0.15) is 0 Å². The number of carbonyl (C=O) groups is 3. The van der Waals surface area contributed by atoms with Gasteiger partial charge in [-0.25, -0.2) is 4.79 Å². The Bertz CT molecular complexity index is 2030. The molecule has 0 unspecified atom stereocenters. The molecule has 3 fully saturated rings. The lowest BCUT2D eigenvalue weighted by atomic mass is 9.75. The average molecular weight is 739 g/mol. The number of rotatable bonds is 9. The zero-order chi connectivity index (χ0) is 37.6. The molecule has 2 aromatic carbocycles. The number of piperidine rings is 1. The van der Waals surface area contributed by atoms with Crippen molar-refractivity contribution in [3.05, 3.63) is 69.6 Å². The summed E-state index contributed by atoms with van der Waals surface area (Å²) >= 11 is 0. The molecule has 0 radical (unpaired) electrons. The van der Waals surface area contributed by atoms with Gasteiger partial charge in [0, 0.05) is 41.6 Å². The van der Waals surface area contributed by atoms with Gasteiger partial charge in [0.2, 0.25) is 5.76 Å². The van der Waals surface area contributed by atoms with Gasteiger partial charge in [-0.05, 0) is 113 Å². The van der Waals surface area contributed by atoms with Gasteiger partial charge >= 0.3 is 5.97 Å². The molecule has 2 saturated carbocycles. The Balaban J connectivity index is 1.33. The summed E-state index contributed by atoms with van der Waals surface area (Å²) in [4.78, 5) is 43.8. The van der Waals surface area contributed by atoms with Crippen LogP contribution < -0.4 is 19.5 Å². The third-order valence-electron chi connectivity index (χ3n) is 12.4. The van der Waals surface area contributed by atoms with Crippen LogP contribution in [-0.2, 0) is 32.1 Å². The van der Waals surface area contributed by atoms with E-state index in [1.54, 1.807) is 6.92 Å². The molecule has 3 aliphatic heterocycles. The van der Waals surface area contributed by atoms with E-state index in [0.29, 0.717) is 59.3 Å². The summed E-state index contributed by atoms with van der Waals surface area (Å²) in [5.41, 5.74) is 3.47. The summed E-state index contributed by atoms with van der Waals surface area (Å²) in [5, 5.41) is 27.6. The second-order valence-electron chi connectivity index (χ2n) is 15.6. The Kier molecular flexibility index (Phi) is 10.1. The largest absolute Gasteiger partial charge is 0.489 e. The van der Waals surface area contributed by atoms with Crippen molar-refractivity contribution >= 4 is 34.5 Å². The predicted octanol–water partition coefficient (Wildman–Crippen LogP) is 6.12. The summed E-state index contributed by atoms with van der Waals surface area (Å²) in [7, 11) is 0. The van der Waals surface area contributed by atoms with Gasteiger partial charge in [0.25, 0.3) is 0 Å². The topological polar surface area (TPSA) is 156 Å². The summed E-state index contributed by atoms with van der Waals surface area (Å²) in [6.45, 7) is 4.67. The molecule has 11 nitrogen and oxygen atoms in total. The molecule has 5 aliphatic rings. The second-order valence-corrected chi connectivity index (χ2v) is 15.6. The summed E-state index contributed by atoms with van der Waals surface area (Å²) in [6, 6.07) is 7.94. The molecule has 8 rings (SSSR count). The molecule has 0 amide bonds. The number of carbonyl (C=O) groups excluding carboxylic acids is 3. The maximum atomic E-state index is 13.7. The molecule has 286 valence electrons. The SMILES string of the molecule is CCOC(=O)C1=C(C=O)/C(=C2\CCC(=O)[C@@H](c3ccc4[nH]ccc4c3)C2)c2c(c(CO)c3c(c2OC2CCCCC2)C[C@@H]([C@](C)(O)C2CCNCC2)O3)O1. The van der Waals surface area contributed by atoms with Crippen molar-refractivity contribution in [3.8, 4) is 17.2 Å². The average Bonchev–Trinajstić information content (AvgIpc) is 3.86. The second kappa shape index (κ2) is 15.0. The number of nitrogens with one attached hydrogen (secondary N) is 2. The first kappa shape index (κ1) is 36.5. The number of ether oxygens (including phenoxy) is 4. The van der Waals surface area contributed by atoms with Gasteiger partial charge in [0.15, 0.2) is 6.29 Å². The number of aromatic amines is 1. The number of hydrogen-bond acceptors (Lipinski definition) is 10. The van der Waals surface area contributed by atoms with E-state index < -0.39 is 30.2 Å². The van der Waals surface area contributed by atoms with Crippen molar-refractivity contribution < 1.29 is 43.5 Å². The first-order valence-corrected chi connectivity index (χ1v) is 19.7. The first-order chi connectivity index (χ1) is 26.2. The number of ketones is 1. The molecule has 3 atom stereocenters. The highest BCUT2D eigenvalue weighted by atomic mass is 16.6. The number of hydrogen-bond donors (Lipinski definition) is 4. The number of aliphatic hydroxyl groups excluding tert-OH is 1. The van der Waals surface area contributed by atoms with E-state index in [-0.39, 0.29) is 47.9 Å². The molecule has 4 N–H and O–H groups in total. The lowest BCUT2D eigenvalue weighted by molar-refractivity contribution is -0.141. The number of Topliss-reactive ketones (excluding diaryl/α,β-unsaturated/α-hetero) is 1. The van der Waals surface area contributed by atoms with E-state index in [1.165, 1.54) is 0 Å². The quantitative estimate of drug-likeness (QED) is 0.149. The van der Waals surface area contributed by atoms with Gasteiger partial charge in [-0.3, -0.25) is 9.59 Å². The molecule has 0 spiro atoms. The number of aldehydes is 1. The van der Waals surface area contributed by atoms with Crippen molar-refractivity contribution in [3.63, 3.8) is 0 Å². The van der Waals surface area contributed by atoms with Crippen LogP contribution in [-0.4, -0.2) is 70.7 Å². The smallest absolute Gasteiger partial charge is 0.375 e. The summed E-state index contributed by atoms with van der Waals surface area (Å²) < 4.78 is 25.6. The molecular weight excluding hydrogens is 688 g/mol. The van der Waals surface area contributed by atoms with Crippen molar-refractivity contribution in [1.82, 2.24) is 10.3 Å². The highest BCUT2D eigenvalue weighted by Gasteiger charge is 2.49. The fourth-order valence-corrected chi connectivity index (χ4v) is 9.41. The zero-order valence-corrected chi connectivity index (χ0v) is 31.1. The van der Waals surface area contributed by atoms with Crippen LogP contribution >= 0.6 is 0 Å². The third-order valence-corrected chi connectivity index (χ3v) is 12.4. The number of H-pyrrole nitrogens is 1. The van der Waals surface area contributed by atoms with Gasteiger partial charge in [-0.15, -0.1) is 0 Å².